The highest BCUT2D eigenvalue weighted by molar-refractivity contribution is 5.92. The number of alkyl carbamates (subject to hydrolysis) is 1. The maximum Gasteiger partial charge on any atom is 0.408 e. The number of hydrogen-bond donors (Lipinski definition) is 2. The zero-order chi connectivity index (χ0) is 15.9. The number of nitrogens with zero attached hydrogens (tertiary/aromatic N) is 3. The number of azide groups is 1. The molecule has 1 heterocycles. The Morgan fingerprint density at radius 1 is 1.45 bits per heavy atom. The molecule has 0 aromatic heterocycles. The molecule has 0 saturated carbocycles. The molecule has 0 spiro atoms. The summed E-state index contributed by atoms with van der Waals surface area (Å²) in [5.41, 5.74) is 9.03. The molecule has 2 rings (SSSR count). The summed E-state index contributed by atoms with van der Waals surface area (Å²) in [5, 5.41) is 8.33. The Morgan fingerprint density at radius 3 is 2.77 bits per heavy atom. The summed E-state index contributed by atoms with van der Waals surface area (Å²) in [5.74, 6) is 0.375. The van der Waals surface area contributed by atoms with Crippen LogP contribution in [0.4, 0.5) is 4.79 Å². The first-order chi connectivity index (χ1) is 10.6. The van der Waals surface area contributed by atoms with Crippen molar-refractivity contribution in [1.82, 2.24) is 10.6 Å². The molecule has 1 aromatic carbocycles. The van der Waals surface area contributed by atoms with E-state index in [2.05, 4.69) is 20.7 Å². The zero-order valence-corrected chi connectivity index (χ0v) is 11.9. The molecule has 0 unspecified atom stereocenters. The Hall–Kier alpha value is -2.93. The zero-order valence-electron chi connectivity index (χ0n) is 11.9. The van der Waals surface area contributed by atoms with Crippen LogP contribution in [0.2, 0.25) is 0 Å². The number of methoxy groups -OCH3 is 1. The molecule has 1 aromatic rings. The molecule has 9 nitrogen and oxygen atoms in total. The third-order valence-corrected chi connectivity index (χ3v) is 3.16. The van der Waals surface area contributed by atoms with Crippen LogP contribution in [-0.4, -0.2) is 37.7 Å². The van der Waals surface area contributed by atoms with Crippen molar-refractivity contribution in [1.29, 1.82) is 0 Å². The monoisotopic (exact) mass is 305 g/mol. The van der Waals surface area contributed by atoms with Crippen LogP contribution < -0.4 is 15.4 Å². The highest BCUT2D eigenvalue weighted by Gasteiger charge is 2.40. The molecule has 2 atom stereocenters. The van der Waals surface area contributed by atoms with Crippen molar-refractivity contribution in [2.24, 2.45) is 5.11 Å². The quantitative estimate of drug-likeness (QED) is 0.353. The second-order valence-corrected chi connectivity index (χ2v) is 4.57. The van der Waals surface area contributed by atoms with E-state index < -0.39 is 18.2 Å². The predicted molar refractivity (Wildman–Crippen MR) is 76.0 cm³/mol. The first-order valence-electron chi connectivity index (χ1n) is 6.51. The van der Waals surface area contributed by atoms with E-state index in [-0.39, 0.29) is 19.1 Å². The summed E-state index contributed by atoms with van der Waals surface area (Å²) in [6.45, 7) is 0.150. The molecule has 0 bridgehead atoms. The number of carbonyl (C=O) groups is 2. The van der Waals surface area contributed by atoms with Gasteiger partial charge in [0.15, 0.2) is 0 Å². The van der Waals surface area contributed by atoms with Gasteiger partial charge in [-0.1, -0.05) is 17.2 Å². The van der Waals surface area contributed by atoms with Crippen molar-refractivity contribution in [2.45, 2.75) is 18.7 Å². The lowest BCUT2D eigenvalue weighted by atomic mass is 9.99. The number of carbonyl (C=O) groups excluding carboxylic acids is 2. The van der Waals surface area contributed by atoms with Crippen LogP contribution >= 0.6 is 0 Å². The number of rotatable bonds is 6. The molecule has 1 aliphatic rings. The van der Waals surface area contributed by atoms with Crippen LogP contribution in [0.3, 0.4) is 0 Å². The van der Waals surface area contributed by atoms with Gasteiger partial charge in [-0.05, 0) is 23.2 Å². The fourth-order valence-corrected chi connectivity index (χ4v) is 1.92. The summed E-state index contributed by atoms with van der Waals surface area (Å²) in [6.07, 6.45) is -0.707. The third kappa shape index (κ3) is 3.80. The lowest BCUT2D eigenvalue weighted by Gasteiger charge is -2.35. The van der Waals surface area contributed by atoms with Crippen LogP contribution in [0.25, 0.3) is 10.4 Å². The van der Waals surface area contributed by atoms with Gasteiger partial charge in [-0.2, -0.15) is 0 Å². The molecule has 116 valence electrons. The van der Waals surface area contributed by atoms with Crippen molar-refractivity contribution in [3.63, 3.8) is 0 Å². The van der Waals surface area contributed by atoms with Gasteiger partial charge in [0.05, 0.1) is 13.2 Å². The first kappa shape index (κ1) is 15.5. The van der Waals surface area contributed by atoms with E-state index in [9.17, 15) is 9.59 Å². The summed E-state index contributed by atoms with van der Waals surface area (Å²) in [6, 6.07) is 5.91. The Bertz CT molecular complexity index is 597. The van der Waals surface area contributed by atoms with Gasteiger partial charge in [0.25, 0.3) is 0 Å². The average molecular weight is 305 g/mol. The Labute approximate surface area is 126 Å². The van der Waals surface area contributed by atoms with E-state index in [1.807, 2.05) is 0 Å². The molecule has 1 saturated heterocycles. The number of nitrogens with one attached hydrogen (secondary N) is 2. The Kier molecular flexibility index (Phi) is 5.05. The van der Waals surface area contributed by atoms with Gasteiger partial charge >= 0.3 is 6.09 Å². The van der Waals surface area contributed by atoms with Gasteiger partial charge in [0.1, 0.15) is 18.4 Å². The van der Waals surface area contributed by atoms with Crippen LogP contribution in [-0.2, 0) is 16.1 Å². The minimum atomic E-state index is -0.742. The summed E-state index contributed by atoms with van der Waals surface area (Å²) < 4.78 is 10.1. The predicted octanol–water partition coefficient (Wildman–Crippen LogP) is 1.10. The molecule has 2 amide bonds. The normalized spacial score (nSPS) is 19.2. The van der Waals surface area contributed by atoms with E-state index in [4.69, 9.17) is 15.0 Å². The summed E-state index contributed by atoms with van der Waals surface area (Å²) in [7, 11) is 1.56. The van der Waals surface area contributed by atoms with Crippen LogP contribution in [0.1, 0.15) is 5.56 Å². The Morgan fingerprint density at radius 2 is 2.18 bits per heavy atom. The second kappa shape index (κ2) is 7.19. The third-order valence-electron chi connectivity index (χ3n) is 3.16. The minimum Gasteiger partial charge on any atom is -0.497 e. The van der Waals surface area contributed by atoms with Gasteiger partial charge in [0.2, 0.25) is 5.91 Å². The molecule has 2 N–H and O–H groups in total. The van der Waals surface area contributed by atoms with Gasteiger partial charge in [-0.25, -0.2) is 4.79 Å². The van der Waals surface area contributed by atoms with E-state index in [0.29, 0.717) is 5.75 Å². The minimum absolute atomic E-state index is 0.0746. The van der Waals surface area contributed by atoms with Gasteiger partial charge in [-0.15, -0.1) is 0 Å². The second-order valence-electron chi connectivity index (χ2n) is 4.57. The largest absolute Gasteiger partial charge is 0.497 e. The van der Waals surface area contributed by atoms with Crippen molar-refractivity contribution < 1.29 is 19.1 Å². The molecular weight excluding hydrogens is 290 g/mol. The van der Waals surface area contributed by atoms with E-state index >= 15 is 0 Å². The molecule has 9 heteroatoms. The number of hydrogen-bond acceptors (Lipinski definition) is 5. The average Bonchev–Trinajstić information content (AvgIpc) is 2.55. The topological polar surface area (TPSA) is 125 Å². The van der Waals surface area contributed by atoms with Gasteiger partial charge < -0.3 is 20.1 Å². The first-order valence-corrected chi connectivity index (χ1v) is 6.51. The highest BCUT2D eigenvalue weighted by Crippen LogP contribution is 2.12. The van der Waals surface area contributed by atoms with E-state index in [1.54, 1.807) is 31.4 Å². The highest BCUT2D eigenvalue weighted by atomic mass is 16.5. The molecule has 1 aliphatic heterocycles. The SMILES string of the molecule is COc1ccc(COC(=O)N[C@H]2C(=O)N[C@H]2CN=[N+]=[N-])cc1. The van der Waals surface area contributed by atoms with Crippen LogP contribution in [0.5, 0.6) is 5.75 Å². The molecule has 22 heavy (non-hydrogen) atoms. The number of benzene rings is 1. The Balaban J connectivity index is 1.79. The van der Waals surface area contributed by atoms with Crippen molar-refractivity contribution in [2.75, 3.05) is 13.7 Å². The maximum atomic E-state index is 11.7. The van der Waals surface area contributed by atoms with Crippen molar-refractivity contribution in [3.05, 3.63) is 40.3 Å². The molecule has 1 fully saturated rings. The van der Waals surface area contributed by atoms with Crippen molar-refractivity contribution in [3.8, 4) is 5.75 Å². The van der Waals surface area contributed by atoms with Crippen LogP contribution in [0, 0.1) is 0 Å². The molecular formula is C13H15N5O4. The van der Waals surface area contributed by atoms with Crippen LogP contribution in [0.15, 0.2) is 29.4 Å². The van der Waals surface area contributed by atoms with Gasteiger partial charge in [0, 0.05) is 11.5 Å². The summed E-state index contributed by atoms with van der Waals surface area (Å²) >= 11 is 0. The van der Waals surface area contributed by atoms with E-state index in [1.165, 1.54) is 0 Å². The smallest absolute Gasteiger partial charge is 0.408 e. The standard InChI is InChI=1S/C13H15N5O4/c1-21-9-4-2-8(3-5-9)7-22-13(20)17-11-10(6-15-18-14)16-12(11)19/h2-5,10-11H,6-7H2,1H3,(H,16,19)(H,17,20)/t10-,11+/m0/s1. The van der Waals surface area contributed by atoms with Gasteiger partial charge in [-0.3, -0.25) is 4.79 Å². The molecule has 0 radical (unpaired) electrons. The number of ether oxygens (including phenoxy) is 2. The number of amides is 2. The summed E-state index contributed by atoms with van der Waals surface area (Å²) in [4.78, 5) is 25.6. The number of β-lactam (4-membered cyclic amide) rings is 1. The molecule has 0 aliphatic carbocycles. The fourth-order valence-electron chi connectivity index (χ4n) is 1.92. The lowest BCUT2D eigenvalue weighted by molar-refractivity contribution is -0.131. The fraction of sp³-hybridized carbons (Fsp3) is 0.385. The van der Waals surface area contributed by atoms with Crippen molar-refractivity contribution >= 4 is 12.0 Å². The van der Waals surface area contributed by atoms with E-state index in [0.717, 1.165) is 5.56 Å². The maximum absolute atomic E-state index is 11.7. The lowest BCUT2D eigenvalue weighted by Crippen LogP contribution is -2.70.